The number of halogens is 1. The first-order valence-electron chi connectivity index (χ1n) is 26.3. The summed E-state index contributed by atoms with van der Waals surface area (Å²) in [5.41, 5.74) is 2.21. The minimum atomic E-state index is -1.87. The quantitative estimate of drug-likeness (QED) is 0.0168. The molecule has 8 atom stereocenters. The minimum absolute atomic E-state index is 0. The number of methoxy groups -OCH3 is 2. The molecule has 3 aliphatic heterocycles. The van der Waals surface area contributed by atoms with Crippen molar-refractivity contribution in [3.8, 4) is 11.5 Å². The fourth-order valence-electron chi connectivity index (χ4n) is 9.11. The standard InChI is InChI=1S/C57H79ClN6O13S2.W/c1-15-40(38-21-23-39(24-22-38)74-26-17-20-47(66)59-10)61-62-55(7,8)44(65)33-54(5,6)79-78-27-25-48(67)63(11)36(4)52(69)76-46-31-49(68)64(12)41-29-37(30-42(72-13)50(41)58)28-34(2)18-16-19-45(73-14)57(71)32-43(75-53(70)60-57)35(3)51-56(46,9)77-51;/h16,18-19,21,23-24,29-30,35-36,43,45-46,51,62,71H,1,15,17,20,25-28,31-33H2,2-14H3,(H,59,66)(H,60,70);/q-2;+2/b19-16+,34-18+,61-40+;/t35-,36+,43+,45-,46+,51+,56?,57+;/m1./s1. The Balaban J connectivity index is 0.0000138. The Morgan fingerprint density at radius 2 is 1.86 bits per heavy atom. The molecular weight excluding hydrogens is 1260 g/mol. The number of Topliss-reactive ketones (excluding diaryl/α,β-unsaturated/α-hetero) is 1. The number of alkyl carbamates (subject to hydrolysis) is 1. The number of hydrogen-bond acceptors (Lipinski definition) is 17. The van der Waals surface area contributed by atoms with Gasteiger partial charge in [-0.25, -0.2) is 14.7 Å². The van der Waals surface area contributed by atoms with Gasteiger partial charge in [0.05, 0.1) is 31.9 Å². The molecule has 0 spiro atoms. The average molecular weight is 1340 g/mol. The van der Waals surface area contributed by atoms with Crippen molar-refractivity contribution in [1.82, 2.24) is 21.0 Å². The molecule has 4 N–H and O–H groups in total. The molecule has 0 saturated carbocycles. The van der Waals surface area contributed by atoms with Crippen LogP contribution in [0.25, 0.3) is 0 Å². The van der Waals surface area contributed by atoms with Crippen molar-refractivity contribution in [3.63, 3.8) is 0 Å². The van der Waals surface area contributed by atoms with Crippen LogP contribution in [0.3, 0.4) is 0 Å². The summed E-state index contributed by atoms with van der Waals surface area (Å²) < 4.78 is 34.8. The van der Waals surface area contributed by atoms with E-state index in [9.17, 15) is 33.9 Å². The van der Waals surface area contributed by atoms with Crippen molar-refractivity contribution >= 4 is 80.2 Å². The van der Waals surface area contributed by atoms with Gasteiger partial charge in [0.15, 0.2) is 11.5 Å². The van der Waals surface area contributed by atoms with Gasteiger partial charge in [0.2, 0.25) is 17.7 Å². The number of carbonyl (C=O) groups excluding carboxylic acids is 6. The number of carbonyl (C=O) groups is 6. The molecule has 2 aromatic carbocycles. The second-order valence-corrected chi connectivity index (χ2v) is 25.0. The van der Waals surface area contributed by atoms with E-state index in [1.54, 1.807) is 85.1 Å². The number of aliphatic hydroxyl groups is 1. The number of nitrogens with zero attached hydrogens (tertiary/aromatic N) is 3. The van der Waals surface area contributed by atoms with Crippen LogP contribution in [-0.2, 0) is 70.4 Å². The number of likely N-dealkylation sites (N-methyl/N-ethyl adjacent to an activating group) is 1. The van der Waals surface area contributed by atoms with Crippen molar-refractivity contribution < 1.29 is 83.4 Å². The number of fused-ring (bicyclic) bond motifs is 5. The summed E-state index contributed by atoms with van der Waals surface area (Å²) in [4.78, 5) is 83.2. The number of esters is 1. The van der Waals surface area contributed by atoms with Crippen LogP contribution in [-0.4, -0.2) is 151 Å². The van der Waals surface area contributed by atoms with Crippen LogP contribution in [0.15, 0.2) is 59.2 Å². The van der Waals surface area contributed by atoms with E-state index in [1.807, 2.05) is 32.9 Å². The zero-order valence-electron chi connectivity index (χ0n) is 48.2. The van der Waals surface area contributed by atoms with E-state index in [-0.39, 0.29) is 69.4 Å². The first kappa shape index (κ1) is 67.9. The smallest absolute Gasteiger partial charge is 0.537 e. The van der Waals surface area contributed by atoms with E-state index in [0.29, 0.717) is 66.5 Å². The van der Waals surface area contributed by atoms with Crippen molar-refractivity contribution in [2.24, 2.45) is 11.0 Å². The molecule has 2 fully saturated rings. The first-order chi connectivity index (χ1) is 37.1. The zero-order valence-corrected chi connectivity index (χ0v) is 53.5. The molecule has 3 heterocycles. The number of allylic oxidation sites excluding steroid dienone is 3. The number of nitrogens with one attached hydrogen (secondary N) is 3. The van der Waals surface area contributed by atoms with Gasteiger partial charge >= 0.3 is 33.1 Å². The van der Waals surface area contributed by atoms with E-state index in [4.69, 9.17) is 40.0 Å². The first-order valence-corrected chi connectivity index (χ1v) is 29.0. The number of hydrazone groups is 1. The fraction of sp³-hybridized carbons (Fsp3) is 0.579. The number of amides is 4. The molecule has 3 aliphatic rings. The van der Waals surface area contributed by atoms with Crippen LogP contribution in [0.1, 0.15) is 111 Å². The van der Waals surface area contributed by atoms with E-state index in [1.165, 1.54) is 52.7 Å². The molecular formula is C57H79ClN6O13S2W. The van der Waals surface area contributed by atoms with Gasteiger partial charge < -0.3 is 61.0 Å². The van der Waals surface area contributed by atoms with Gasteiger partial charge in [-0.2, -0.15) is 6.42 Å². The van der Waals surface area contributed by atoms with Gasteiger partial charge in [-0.3, -0.25) is 24.5 Å². The normalized spacial score (nSPS) is 24.9. The SMILES string of the molecule is [CH2-]C/C(=N\NC(C)(C)C(=O)CC(C)(C)SSCCC(=O)N(C)[C@@H](C)C(=O)O[C@H]1CC(=O)N(C)c2cc(cc(OC)c2Cl)C/C(C)=C/C=C/[C@@H](OC)[C@@]2(O)C[C@H](OC(=O)N2)[C@@H](C)[C@@H]2OC12C)c1[c-]cc(OCCCC(=O)NC)cc1.[W+2]. The maximum Gasteiger partial charge on any atom is 2.00 e. The van der Waals surface area contributed by atoms with E-state index in [2.05, 4.69) is 34.2 Å². The maximum absolute atomic E-state index is 14.4. The Morgan fingerprint density at radius 3 is 2.50 bits per heavy atom. The van der Waals surface area contributed by atoms with E-state index < -0.39 is 76.0 Å². The summed E-state index contributed by atoms with van der Waals surface area (Å²) in [5, 5.41) is 21.7. The molecule has 2 aromatic rings. The largest absolute Gasteiger partial charge is 2.00 e. The van der Waals surface area contributed by atoms with Crippen LogP contribution in [0, 0.1) is 18.9 Å². The third-order valence-corrected chi connectivity index (χ3v) is 18.1. The molecule has 80 heavy (non-hydrogen) atoms. The number of hydrogen-bond donors (Lipinski definition) is 4. The molecule has 1 unspecified atom stereocenters. The summed E-state index contributed by atoms with van der Waals surface area (Å²) >= 11 is 6.84. The molecule has 19 nitrogen and oxygen atoms in total. The topological polar surface area (TPSA) is 236 Å². The number of epoxide rings is 1. The Kier molecular flexibility index (Phi) is 25.1. The minimum Gasteiger partial charge on any atom is -0.537 e. The Labute approximate surface area is 498 Å². The number of anilines is 1. The Morgan fingerprint density at radius 1 is 1.15 bits per heavy atom. The number of ether oxygens (including phenoxy) is 6. The fourth-order valence-corrected chi connectivity index (χ4v) is 11.9. The van der Waals surface area contributed by atoms with Crippen LogP contribution in [0.2, 0.25) is 5.02 Å². The monoisotopic (exact) mass is 1340 g/mol. The van der Waals surface area contributed by atoms with Gasteiger partial charge in [-0.05, 0) is 84.7 Å². The molecule has 23 heteroatoms. The van der Waals surface area contributed by atoms with Crippen LogP contribution < -0.4 is 30.4 Å². The van der Waals surface area contributed by atoms with Crippen molar-refractivity contribution in [3.05, 3.63) is 83.3 Å². The Bertz CT molecular complexity index is 2620. The van der Waals surface area contributed by atoms with Gasteiger partial charge in [0.1, 0.15) is 46.3 Å². The summed E-state index contributed by atoms with van der Waals surface area (Å²) in [6, 6.07) is 11.0. The molecule has 440 valence electrons. The molecule has 0 radical (unpaired) electrons. The summed E-state index contributed by atoms with van der Waals surface area (Å²) in [6.07, 6.45) is 2.10. The van der Waals surface area contributed by atoms with Gasteiger partial charge in [0.25, 0.3) is 0 Å². The second-order valence-electron chi connectivity index (χ2n) is 21.5. The summed E-state index contributed by atoms with van der Waals surface area (Å²) in [5.74, 6) is -0.952. The van der Waals surface area contributed by atoms with Crippen LogP contribution >= 0.6 is 33.2 Å². The molecule has 4 bridgehead atoms. The molecule has 4 amide bonds. The second kappa shape index (κ2) is 29.6. The predicted molar refractivity (Wildman–Crippen MR) is 307 cm³/mol. The maximum atomic E-state index is 14.4. The van der Waals surface area contributed by atoms with Crippen molar-refractivity contribution in [2.45, 2.75) is 159 Å². The summed E-state index contributed by atoms with van der Waals surface area (Å²) in [6.45, 7) is 18.8. The van der Waals surface area contributed by atoms with Gasteiger partial charge in [-0.1, -0.05) is 63.9 Å². The van der Waals surface area contributed by atoms with Gasteiger partial charge in [-0.15, -0.1) is 29.8 Å². The van der Waals surface area contributed by atoms with Crippen molar-refractivity contribution in [1.29, 1.82) is 0 Å². The van der Waals surface area contributed by atoms with E-state index >= 15 is 0 Å². The van der Waals surface area contributed by atoms with Crippen LogP contribution in [0.5, 0.6) is 11.5 Å². The number of rotatable bonds is 22. The molecule has 0 aromatic heterocycles. The van der Waals surface area contributed by atoms with Crippen LogP contribution in [0.4, 0.5) is 10.5 Å². The third-order valence-electron chi connectivity index (χ3n) is 14.4. The number of benzene rings is 2. The number of ketones is 1. The molecule has 5 rings (SSSR count). The van der Waals surface area contributed by atoms with Gasteiger partial charge in [0, 0.05) is 76.1 Å². The zero-order chi connectivity index (χ0) is 58.6. The van der Waals surface area contributed by atoms with Crippen molar-refractivity contribution in [2.75, 3.05) is 52.6 Å². The predicted octanol–water partition coefficient (Wildman–Crippen LogP) is 7.72. The third kappa shape index (κ3) is 17.9. The molecule has 0 aliphatic carbocycles. The summed E-state index contributed by atoms with van der Waals surface area (Å²) in [7, 11) is 10.5. The average Bonchev–Trinajstić information content (AvgIpc) is 4.17. The van der Waals surface area contributed by atoms with E-state index in [0.717, 1.165) is 11.1 Å². The Hall–Kier alpha value is -4.63. The molecule has 2 saturated heterocycles.